The van der Waals surface area contributed by atoms with Gasteiger partial charge in [-0.1, -0.05) is 53.3 Å². The highest BCUT2D eigenvalue weighted by molar-refractivity contribution is 7.17. The molecule has 2 aromatic carbocycles. The average molecular weight is 432 g/mol. The Labute approximate surface area is 181 Å². The third-order valence-electron chi connectivity index (χ3n) is 4.19. The molecule has 30 heavy (non-hydrogen) atoms. The second kappa shape index (κ2) is 8.78. The number of nitriles is 1. The van der Waals surface area contributed by atoms with Gasteiger partial charge in [-0.2, -0.15) is 5.26 Å². The largest absolute Gasteiger partial charge is 0.465 e. The fourth-order valence-corrected chi connectivity index (χ4v) is 3.82. The van der Waals surface area contributed by atoms with E-state index in [0.29, 0.717) is 37.6 Å². The first-order chi connectivity index (χ1) is 14.6. The monoisotopic (exact) mass is 431 g/mol. The van der Waals surface area contributed by atoms with Gasteiger partial charge >= 0.3 is 0 Å². The van der Waals surface area contributed by atoms with Gasteiger partial charge in [0.2, 0.25) is 0 Å². The number of furan rings is 1. The van der Waals surface area contributed by atoms with Crippen molar-refractivity contribution in [3.8, 4) is 17.3 Å². The van der Waals surface area contributed by atoms with Crippen LogP contribution in [0.1, 0.15) is 21.1 Å². The number of benzene rings is 2. The van der Waals surface area contributed by atoms with E-state index in [0.717, 1.165) is 5.56 Å². The van der Waals surface area contributed by atoms with Gasteiger partial charge in [-0.15, -0.1) is 0 Å². The van der Waals surface area contributed by atoms with Gasteiger partial charge in [0.15, 0.2) is 0 Å². The molecule has 5 nitrogen and oxygen atoms in total. The molecule has 0 saturated heterocycles. The number of aromatic nitrogens is 1. The van der Waals surface area contributed by atoms with Gasteiger partial charge in [-0.3, -0.25) is 4.79 Å². The molecule has 0 bridgehead atoms. The van der Waals surface area contributed by atoms with Crippen LogP contribution in [0.2, 0.25) is 5.02 Å². The van der Waals surface area contributed by atoms with Gasteiger partial charge < -0.3 is 9.73 Å². The molecule has 0 radical (unpaired) electrons. The topological polar surface area (TPSA) is 78.9 Å². The van der Waals surface area contributed by atoms with Crippen LogP contribution in [-0.4, -0.2) is 10.9 Å². The number of nitrogens with zero attached hydrogens (tertiary/aromatic N) is 2. The van der Waals surface area contributed by atoms with Crippen LogP contribution < -0.4 is 5.32 Å². The van der Waals surface area contributed by atoms with E-state index >= 15 is 0 Å². The average Bonchev–Trinajstić information content (AvgIpc) is 3.43. The predicted octanol–water partition coefficient (Wildman–Crippen LogP) is 6.37. The molecular formula is C23H14ClN3O2S. The Morgan fingerprint density at radius 3 is 2.53 bits per heavy atom. The first-order valence-electron chi connectivity index (χ1n) is 8.93. The molecule has 4 rings (SSSR count). The molecule has 0 unspecified atom stereocenters. The van der Waals surface area contributed by atoms with Crippen molar-refractivity contribution < 1.29 is 9.21 Å². The van der Waals surface area contributed by atoms with Crippen molar-refractivity contribution in [2.45, 2.75) is 0 Å². The number of allylic oxidation sites excluding steroid dienone is 1. The van der Waals surface area contributed by atoms with Crippen LogP contribution >= 0.6 is 22.9 Å². The van der Waals surface area contributed by atoms with E-state index in [1.54, 1.807) is 42.5 Å². The second-order valence-electron chi connectivity index (χ2n) is 6.21. The molecule has 0 atom stereocenters. The lowest BCUT2D eigenvalue weighted by atomic mass is 10.1. The highest BCUT2D eigenvalue weighted by Crippen LogP contribution is 2.36. The summed E-state index contributed by atoms with van der Waals surface area (Å²) >= 11 is 7.14. The quantitative estimate of drug-likeness (QED) is 0.372. The van der Waals surface area contributed by atoms with Crippen molar-refractivity contribution in [1.29, 1.82) is 5.26 Å². The first-order valence-corrected chi connectivity index (χ1v) is 10.1. The van der Waals surface area contributed by atoms with Crippen LogP contribution in [0.5, 0.6) is 0 Å². The Hall–Kier alpha value is -3.66. The van der Waals surface area contributed by atoms with Crippen LogP contribution in [0, 0.1) is 11.3 Å². The Morgan fingerprint density at radius 1 is 1.10 bits per heavy atom. The summed E-state index contributed by atoms with van der Waals surface area (Å²) in [7, 11) is 0. The van der Waals surface area contributed by atoms with Crippen LogP contribution in [0.15, 0.2) is 77.4 Å². The van der Waals surface area contributed by atoms with E-state index in [9.17, 15) is 10.1 Å². The van der Waals surface area contributed by atoms with Crippen molar-refractivity contribution in [2.75, 3.05) is 5.32 Å². The minimum Gasteiger partial charge on any atom is -0.465 e. The molecule has 1 amide bonds. The zero-order chi connectivity index (χ0) is 20.9. The zero-order valence-corrected chi connectivity index (χ0v) is 17.1. The van der Waals surface area contributed by atoms with Crippen molar-refractivity contribution in [2.24, 2.45) is 0 Å². The Kier molecular flexibility index (Phi) is 5.75. The van der Waals surface area contributed by atoms with Crippen LogP contribution in [0.3, 0.4) is 0 Å². The van der Waals surface area contributed by atoms with E-state index in [1.165, 1.54) is 17.6 Å². The van der Waals surface area contributed by atoms with Crippen molar-refractivity contribution in [3.63, 3.8) is 0 Å². The molecule has 0 fully saturated rings. The maximum absolute atomic E-state index is 12.7. The highest BCUT2D eigenvalue weighted by atomic mass is 35.5. The van der Waals surface area contributed by atoms with Crippen molar-refractivity contribution in [1.82, 2.24) is 4.98 Å². The number of anilines is 1. The molecule has 0 saturated carbocycles. The molecule has 0 spiro atoms. The maximum Gasteiger partial charge on any atom is 0.256 e. The summed E-state index contributed by atoms with van der Waals surface area (Å²) in [6, 6.07) is 21.8. The Morgan fingerprint density at radius 2 is 1.87 bits per heavy atom. The number of thiazole rings is 1. The van der Waals surface area contributed by atoms with Gasteiger partial charge in [-0.05, 0) is 36.4 Å². The predicted molar refractivity (Wildman–Crippen MR) is 119 cm³/mol. The van der Waals surface area contributed by atoms with Crippen LogP contribution in [-0.2, 0) is 0 Å². The third kappa shape index (κ3) is 4.33. The number of rotatable bonds is 5. The molecule has 4 aromatic rings. The Bertz CT molecular complexity index is 1240. The summed E-state index contributed by atoms with van der Waals surface area (Å²) in [5.41, 5.74) is 2.25. The SMILES string of the molecule is N#CC(=Cc1ccco1)c1nc(-c2ccccc2)c(NC(=O)c2ccc(Cl)cc2)s1. The number of hydrogen-bond acceptors (Lipinski definition) is 5. The number of halogens is 1. The van der Waals surface area contributed by atoms with Crippen LogP contribution in [0.4, 0.5) is 5.00 Å². The fraction of sp³-hybridized carbons (Fsp3) is 0. The van der Waals surface area contributed by atoms with E-state index in [-0.39, 0.29) is 5.91 Å². The van der Waals surface area contributed by atoms with E-state index in [1.807, 2.05) is 30.3 Å². The number of amides is 1. The summed E-state index contributed by atoms with van der Waals surface area (Å²) in [5, 5.41) is 14.2. The molecule has 2 heterocycles. The van der Waals surface area contributed by atoms with Gasteiger partial charge in [0.1, 0.15) is 27.5 Å². The molecule has 0 aliphatic carbocycles. The standard InChI is InChI=1S/C23H14ClN3O2S/c24-18-10-8-16(9-11-18)21(28)27-23-20(15-5-2-1-3-6-15)26-22(30-23)17(14-25)13-19-7-4-12-29-19/h1-13H,(H,27,28). The molecule has 2 aromatic heterocycles. The summed E-state index contributed by atoms with van der Waals surface area (Å²) in [6.45, 7) is 0. The molecular weight excluding hydrogens is 418 g/mol. The van der Waals surface area contributed by atoms with Gasteiger partial charge in [0.05, 0.1) is 11.8 Å². The Balaban J connectivity index is 1.74. The minimum absolute atomic E-state index is 0.285. The number of carbonyl (C=O) groups excluding carboxylic acids is 1. The van der Waals surface area contributed by atoms with Crippen LogP contribution in [0.25, 0.3) is 22.9 Å². The summed E-state index contributed by atoms with van der Waals surface area (Å²) in [4.78, 5) is 17.4. The lowest BCUT2D eigenvalue weighted by molar-refractivity contribution is 0.102. The van der Waals surface area contributed by atoms with Gasteiger partial charge in [-0.25, -0.2) is 4.98 Å². The smallest absolute Gasteiger partial charge is 0.256 e. The number of nitrogens with one attached hydrogen (secondary N) is 1. The summed E-state index contributed by atoms with van der Waals surface area (Å²) < 4.78 is 5.31. The van der Waals surface area contributed by atoms with Gasteiger partial charge in [0, 0.05) is 22.2 Å². The molecule has 1 N–H and O–H groups in total. The third-order valence-corrected chi connectivity index (χ3v) is 5.44. The van der Waals surface area contributed by atoms with Crippen molar-refractivity contribution >= 4 is 45.5 Å². The van der Waals surface area contributed by atoms with Crippen molar-refractivity contribution in [3.05, 3.63) is 94.3 Å². The molecule has 146 valence electrons. The van der Waals surface area contributed by atoms with E-state index in [4.69, 9.17) is 16.0 Å². The summed E-state index contributed by atoms with van der Waals surface area (Å²) in [5.74, 6) is 0.266. The first kappa shape index (κ1) is 19.6. The van der Waals surface area contributed by atoms with E-state index in [2.05, 4.69) is 16.4 Å². The van der Waals surface area contributed by atoms with E-state index < -0.39 is 0 Å². The molecule has 7 heteroatoms. The van der Waals surface area contributed by atoms with Gasteiger partial charge in [0.25, 0.3) is 5.91 Å². The second-order valence-corrected chi connectivity index (χ2v) is 7.64. The maximum atomic E-state index is 12.7. The highest BCUT2D eigenvalue weighted by Gasteiger charge is 2.18. The fourth-order valence-electron chi connectivity index (χ4n) is 2.75. The molecule has 0 aliphatic rings. The lowest BCUT2D eigenvalue weighted by Crippen LogP contribution is -2.11. The minimum atomic E-state index is -0.285. The normalized spacial score (nSPS) is 11.1. The lowest BCUT2D eigenvalue weighted by Gasteiger charge is -2.05. The number of hydrogen-bond donors (Lipinski definition) is 1. The zero-order valence-electron chi connectivity index (χ0n) is 15.5. The summed E-state index contributed by atoms with van der Waals surface area (Å²) in [6.07, 6.45) is 3.16. The molecule has 0 aliphatic heterocycles. The number of carbonyl (C=O) groups is 1.